The van der Waals surface area contributed by atoms with Gasteiger partial charge < -0.3 is 5.32 Å². The van der Waals surface area contributed by atoms with Crippen LogP contribution < -0.4 is 9.62 Å². The summed E-state index contributed by atoms with van der Waals surface area (Å²) in [7, 11) is -3.75. The number of para-hydroxylation sites is 1. The summed E-state index contributed by atoms with van der Waals surface area (Å²) in [6.07, 6.45) is 5.17. The number of sulfonamides is 1. The van der Waals surface area contributed by atoms with Crippen molar-refractivity contribution in [3.05, 3.63) is 41.2 Å². The van der Waals surface area contributed by atoms with Crippen molar-refractivity contribution in [1.29, 1.82) is 0 Å². The zero-order valence-electron chi connectivity index (χ0n) is 17.9. The number of nitrogens with one attached hydrogen (secondary N) is 1. The molecule has 4 rings (SSSR count). The fraction of sp³-hybridized carbons (Fsp3) is 0.545. The number of carbonyl (C=O) groups excluding carboxylic acids is 1. The maximum atomic E-state index is 13.5. The molecule has 1 aromatic heterocycles. The zero-order valence-corrected chi connectivity index (χ0v) is 18.7. The lowest BCUT2D eigenvalue weighted by atomic mass is 9.86. The Morgan fingerprint density at radius 3 is 2.70 bits per heavy atom. The number of hydrogen-bond acceptors (Lipinski definition) is 4. The van der Waals surface area contributed by atoms with Crippen LogP contribution in [0.5, 0.6) is 0 Å². The summed E-state index contributed by atoms with van der Waals surface area (Å²) in [5.41, 5.74) is 2.69. The van der Waals surface area contributed by atoms with E-state index in [4.69, 9.17) is 0 Å². The topological polar surface area (TPSA) is 84.3 Å². The predicted octanol–water partition coefficient (Wildman–Crippen LogP) is 2.95. The molecule has 1 saturated carbocycles. The number of benzene rings is 1. The lowest BCUT2D eigenvalue weighted by molar-refractivity contribution is -0.123. The minimum atomic E-state index is -3.75. The minimum Gasteiger partial charge on any atom is -0.351 e. The highest BCUT2D eigenvalue weighted by atomic mass is 32.2. The molecule has 1 aliphatic carbocycles. The van der Waals surface area contributed by atoms with E-state index in [2.05, 4.69) is 17.3 Å². The maximum Gasteiger partial charge on any atom is 0.268 e. The maximum absolute atomic E-state index is 13.5. The van der Waals surface area contributed by atoms with Gasteiger partial charge >= 0.3 is 0 Å². The van der Waals surface area contributed by atoms with Crippen LogP contribution in [0, 0.1) is 19.8 Å². The molecule has 2 aliphatic rings. The molecule has 8 heteroatoms. The van der Waals surface area contributed by atoms with Crippen LogP contribution in [0.4, 0.5) is 5.69 Å². The van der Waals surface area contributed by atoms with E-state index in [1.165, 1.54) is 15.4 Å². The second-order valence-electron chi connectivity index (χ2n) is 8.55. The van der Waals surface area contributed by atoms with Gasteiger partial charge in [-0.25, -0.2) is 8.42 Å². The number of nitrogens with zero attached hydrogens (tertiary/aromatic N) is 3. The van der Waals surface area contributed by atoms with Gasteiger partial charge in [-0.05, 0) is 50.7 Å². The number of amides is 1. The van der Waals surface area contributed by atoms with Gasteiger partial charge in [0.05, 0.1) is 17.1 Å². The Kier molecular flexibility index (Phi) is 5.61. The number of anilines is 1. The van der Waals surface area contributed by atoms with Gasteiger partial charge in [-0.15, -0.1) is 0 Å². The number of rotatable bonds is 5. The van der Waals surface area contributed by atoms with Crippen molar-refractivity contribution in [1.82, 2.24) is 15.1 Å². The van der Waals surface area contributed by atoms with Crippen LogP contribution >= 0.6 is 0 Å². The van der Waals surface area contributed by atoms with Crippen LogP contribution in [0.25, 0.3) is 0 Å². The molecule has 1 N–H and O–H groups in total. The predicted molar refractivity (Wildman–Crippen MR) is 116 cm³/mol. The van der Waals surface area contributed by atoms with Gasteiger partial charge in [-0.3, -0.25) is 13.8 Å². The van der Waals surface area contributed by atoms with Gasteiger partial charge in [0, 0.05) is 12.6 Å². The fourth-order valence-corrected chi connectivity index (χ4v) is 6.68. The van der Waals surface area contributed by atoms with Crippen molar-refractivity contribution in [2.75, 3.05) is 10.8 Å². The lowest BCUT2D eigenvalue weighted by Gasteiger charge is -2.29. The molecule has 0 bridgehead atoms. The molecular weight excluding hydrogens is 400 g/mol. The first-order valence-corrected chi connectivity index (χ1v) is 12.2. The SMILES string of the molecule is Cc1nn(CC(=O)N[C@H]2CCCC[C@H]2C)c(C)c1S(=O)(=O)N1CCc2ccccc21. The normalized spacial score (nSPS) is 21.5. The van der Waals surface area contributed by atoms with Crippen molar-refractivity contribution >= 4 is 21.6 Å². The quantitative estimate of drug-likeness (QED) is 0.790. The van der Waals surface area contributed by atoms with E-state index in [1.807, 2.05) is 24.3 Å². The Morgan fingerprint density at radius 2 is 1.93 bits per heavy atom. The molecule has 2 heterocycles. The number of aryl methyl sites for hydroxylation is 1. The monoisotopic (exact) mass is 430 g/mol. The van der Waals surface area contributed by atoms with E-state index in [9.17, 15) is 13.2 Å². The zero-order chi connectivity index (χ0) is 21.5. The van der Waals surface area contributed by atoms with Gasteiger partial charge in [-0.2, -0.15) is 5.10 Å². The first kappa shape index (κ1) is 20.9. The van der Waals surface area contributed by atoms with Gasteiger partial charge in [0.15, 0.2) is 0 Å². The molecular formula is C22H30N4O3S. The van der Waals surface area contributed by atoms with E-state index in [1.54, 1.807) is 13.8 Å². The third-order valence-corrected chi connectivity index (χ3v) is 8.53. The Labute approximate surface area is 178 Å². The number of aromatic nitrogens is 2. The molecule has 0 radical (unpaired) electrons. The molecule has 1 aliphatic heterocycles. The third-order valence-electron chi connectivity index (χ3n) is 6.46. The molecule has 1 aromatic carbocycles. The third kappa shape index (κ3) is 3.73. The Bertz CT molecular complexity index is 1060. The molecule has 0 spiro atoms. The van der Waals surface area contributed by atoms with Gasteiger partial charge in [0.25, 0.3) is 10.0 Å². The minimum absolute atomic E-state index is 0.0298. The molecule has 1 fully saturated rings. The van der Waals surface area contributed by atoms with Crippen LogP contribution in [0.15, 0.2) is 29.2 Å². The van der Waals surface area contributed by atoms with E-state index < -0.39 is 10.0 Å². The van der Waals surface area contributed by atoms with E-state index >= 15 is 0 Å². The molecule has 7 nitrogen and oxygen atoms in total. The molecule has 30 heavy (non-hydrogen) atoms. The second kappa shape index (κ2) is 8.06. The molecule has 0 saturated heterocycles. The second-order valence-corrected chi connectivity index (χ2v) is 10.3. The van der Waals surface area contributed by atoms with Crippen LogP contribution in [0.1, 0.15) is 49.6 Å². The van der Waals surface area contributed by atoms with E-state index in [-0.39, 0.29) is 23.4 Å². The first-order chi connectivity index (χ1) is 14.3. The smallest absolute Gasteiger partial charge is 0.268 e. The molecule has 162 valence electrons. The first-order valence-electron chi connectivity index (χ1n) is 10.7. The summed E-state index contributed by atoms with van der Waals surface area (Å²) in [6, 6.07) is 7.77. The molecule has 0 unspecified atom stereocenters. The Balaban J connectivity index is 1.56. The van der Waals surface area contributed by atoms with Crippen molar-refractivity contribution in [2.45, 2.75) is 70.4 Å². The largest absolute Gasteiger partial charge is 0.351 e. The van der Waals surface area contributed by atoms with Gasteiger partial charge in [0.1, 0.15) is 11.4 Å². The van der Waals surface area contributed by atoms with Crippen molar-refractivity contribution in [3.8, 4) is 0 Å². The lowest BCUT2D eigenvalue weighted by Crippen LogP contribution is -2.42. The van der Waals surface area contributed by atoms with Gasteiger partial charge in [0.2, 0.25) is 5.91 Å². The number of carbonyl (C=O) groups is 1. The van der Waals surface area contributed by atoms with E-state index in [0.29, 0.717) is 30.3 Å². The summed E-state index contributed by atoms with van der Waals surface area (Å²) in [4.78, 5) is 12.8. The van der Waals surface area contributed by atoms with Crippen LogP contribution in [0.3, 0.4) is 0 Å². The summed E-state index contributed by atoms with van der Waals surface area (Å²) in [5.74, 6) is 0.351. The van der Waals surface area contributed by atoms with Crippen LogP contribution in [0.2, 0.25) is 0 Å². The van der Waals surface area contributed by atoms with Gasteiger partial charge in [-0.1, -0.05) is 38.0 Å². The highest BCUT2D eigenvalue weighted by Crippen LogP contribution is 2.34. The van der Waals surface area contributed by atoms with Crippen molar-refractivity contribution in [3.63, 3.8) is 0 Å². The van der Waals surface area contributed by atoms with Crippen molar-refractivity contribution in [2.24, 2.45) is 5.92 Å². The fourth-order valence-electron chi connectivity index (χ4n) is 4.79. The number of fused-ring (bicyclic) bond motifs is 1. The summed E-state index contributed by atoms with van der Waals surface area (Å²) in [5, 5.41) is 7.53. The van der Waals surface area contributed by atoms with Crippen LogP contribution in [-0.2, 0) is 27.8 Å². The summed E-state index contributed by atoms with van der Waals surface area (Å²) < 4.78 is 29.9. The summed E-state index contributed by atoms with van der Waals surface area (Å²) >= 11 is 0. The summed E-state index contributed by atoms with van der Waals surface area (Å²) in [6.45, 7) is 6.05. The molecule has 1 amide bonds. The Morgan fingerprint density at radius 1 is 1.20 bits per heavy atom. The highest BCUT2D eigenvalue weighted by molar-refractivity contribution is 7.93. The molecule has 2 aromatic rings. The van der Waals surface area contributed by atoms with E-state index in [0.717, 1.165) is 30.5 Å². The highest BCUT2D eigenvalue weighted by Gasteiger charge is 2.35. The average Bonchev–Trinajstić information content (AvgIpc) is 3.25. The molecule has 2 atom stereocenters. The van der Waals surface area contributed by atoms with Crippen LogP contribution in [-0.4, -0.2) is 36.7 Å². The average molecular weight is 431 g/mol. The standard InChI is InChI=1S/C22H30N4O3S/c1-15-8-4-6-10-19(15)23-21(27)14-25-17(3)22(16(2)24-25)30(28,29)26-13-12-18-9-5-7-11-20(18)26/h5,7,9,11,15,19H,4,6,8,10,12-14H2,1-3H3,(H,23,27)/t15-,19+/m1/s1. The Hall–Kier alpha value is -2.35. The number of hydrogen-bond donors (Lipinski definition) is 1. The van der Waals surface area contributed by atoms with Crippen molar-refractivity contribution < 1.29 is 13.2 Å².